The Kier molecular flexibility index (Phi) is 5.95. The molecular formula is C25H33O4P. The van der Waals surface area contributed by atoms with Crippen LogP contribution in [0.4, 0.5) is 0 Å². The molecule has 0 saturated heterocycles. The quantitative estimate of drug-likeness (QED) is 0.473. The minimum absolute atomic E-state index is 0.0955. The van der Waals surface area contributed by atoms with Crippen molar-refractivity contribution in [2.24, 2.45) is 0 Å². The molecule has 0 saturated carbocycles. The van der Waals surface area contributed by atoms with Crippen molar-refractivity contribution in [1.82, 2.24) is 0 Å². The fraction of sp³-hybridized carbons (Fsp3) is 0.480. The van der Waals surface area contributed by atoms with Gasteiger partial charge in [0.15, 0.2) is 0 Å². The van der Waals surface area contributed by atoms with E-state index in [0.29, 0.717) is 17.1 Å². The van der Waals surface area contributed by atoms with Crippen LogP contribution in [0.15, 0.2) is 30.3 Å². The molecule has 1 unspecified atom stereocenters. The van der Waals surface area contributed by atoms with Gasteiger partial charge in [0.2, 0.25) is 0 Å². The highest BCUT2D eigenvalue weighted by atomic mass is 31.2. The third-order valence-corrected chi connectivity index (χ3v) is 6.26. The Morgan fingerprint density at radius 3 is 2.17 bits per heavy atom. The molecule has 0 amide bonds. The van der Waals surface area contributed by atoms with Crippen molar-refractivity contribution >= 4 is 14.6 Å². The van der Waals surface area contributed by atoms with Crippen molar-refractivity contribution in [3.05, 3.63) is 58.1 Å². The lowest BCUT2D eigenvalue weighted by molar-refractivity contribution is 0.0696. The van der Waals surface area contributed by atoms with Crippen LogP contribution in [0, 0.1) is 6.92 Å². The first kappa shape index (κ1) is 22.6. The van der Waals surface area contributed by atoms with E-state index in [1.807, 2.05) is 19.1 Å². The molecular weight excluding hydrogens is 395 g/mol. The van der Waals surface area contributed by atoms with Crippen LogP contribution in [-0.2, 0) is 15.4 Å². The van der Waals surface area contributed by atoms with E-state index in [4.69, 9.17) is 13.6 Å². The van der Waals surface area contributed by atoms with E-state index < -0.39 is 14.6 Å². The van der Waals surface area contributed by atoms with Crippen LogP contribution in [-0.4, -0.2) is 5.97 Å². The summed E-state index contributed by atoms with van der Waals surface area (Å²) in [5.74, 6) is 1.17. The molecule has 5 heteroatoms. The minimum atomic E-state index is -1.88. The third-order valence-electron chi connectivity index (χ3n) is 5.27. The molecule has 1 aliphatic rings. The van der Waals surface area contributed by atoms with E-state index in [1.54, 1.807) is 0 Å². The van der Waals surface area contributed by atoms with Gasteiger partial charge in [-0.05, 0) is 52.5 Å². The van der Waals surface area contributed by atoms with Gasteiger partial charge in [-0.3, -0.25) is 0 Å². The highest BCUT2D eigenvalue weighted by molar-refractivity contribution is 7.43. The van der Waals surface area contributed by atoms with E-state index in [2.05, 4.69) is 73.6 Å². The smallest absolute Gasteiger partial charge is 0.408 e. The fourth-order valence-electron chi connectivity index (χ4n) is 3.39. The summed E-state index contributed by atoms with van der Waals surface area (Å²) < 4.78 is 17.9. The topological polar surface area (TPSA) is 44.8 Å². The SMILES string of the molecule is Cc1ccc(C(C)C)c(OP2OC(=O)c3cc(C(C)(C)C)cc(C(C)(C)C)c3O2)c1. The first-order chi connectivity index (χ1) is 13.8. The number of carbonyl (C=O) groups excluding carboxylic acids is 1. The Bertz CT molecular complexity index is 964. The lowest BCUT2D eigenvalue weighted by Gasteiger charge is -2.32. The summed E-state index contributed by atoms with van der Waals surface area (Å²) in [6.45, 7) is 19.0. The Morgan fingerprint density at radius 2 is 1.60 bits per heavy atom. The zero-order valence-corrected chi connectivity index (χ0v) is 20.4. The van der Waals surface area contributed by atoms with Gasteiger partial charge >= 0.3 is 14.6 Å². The summed E-state index contributed by atoms with van der Waals surface area (Å²) in [4.78, 5) is 13.0. The summed E-state index contributed by atoms with van der Waals surface area (Å²) in [5, 5.41) is 0. The second-order valence-corrected chi connectivity index (χ2v) is 11.4. The minimum Gasteiger partial charge on any atom is -0.408 e. The second kappa shape index (κ2) is 7.89. The van der Waals surface area contributed by atoms with E-state index in [9.17, 15) is 4.79 Å². The highest BCUT2D eigenvalue weighted by Gasteiger charge is 2.38. The van der Waals surface area contributed by atoms with Crippen LogP contribution in [0.1, 0.15) is 93.9 Å². The van der Waals surface area contributed by atoms with Crippen LogP contribution in [0.2, 0.25) is 0 Å². The summed E-state index contributed by atoms with van der Waals surface area (Å²) in [6, 6.07) is 10.1. The largest absolute Gasteiger partial charge is 0.532 e. The summed E-state index contributed by atoms with van der Waals surface area (Å²) in [7, 11) is -1.88. The number of carbonyl (C=O) groups is 1. The van der Waals surface area contributed by atoms with Gasteiger partial charge in [0.05, 0.1) is 0 Å². The molecule has 1 atom stereocenters. The van der Waals surface area contributed by atoms with Gasteiger partial charge in [-0.2, -0.15) is 0 Å². The van der Waals surface area contributed by atoms with Crippen LogP contribution >= 0.6 is 8.60 Å². The summed E-state index contributed by atoms with van der Waals surface area (Å²) in [5.41, 5.74) is 4.40. The molecule has 1 aliphatic heterocycles. The number of fused-ring (bicyclic) bond motifs is 1. The number of hydrogen-bond acceptors (Lipinski definition) is 4. The molecule has 4 nitrogen and oxygen atoms in total. The van der Waals surface area contributed by atoms with Crippen molar-refractivity contribution in [3.63, 3.8) is 0 Å². The molecule has 2 aromatic rings. The monoisotopic (exact) mass is 428 g/mol. The molecule has 2 aromatic carbocycles. The molecule has 0 spiro atoms. The maximum Gasteiger partial charge on any atom is 0.532 e. The number of aryl methyl sites for hydroxylation is 1. The molecule has 0 aliphatic carbocycles. The summed E-state index contributed by atoms with van der Waals surface area (Å²) in [6.07, 6.45) is 0. The van der Waals surface area contributed by atoms with Gasteiger partial charge in [-0.15, -0.1) is 0 Å². The van der Waals surface area contributed by atoms with Crippen molar-refractivity contribution < 1.29 is 18.4 Å². The van der Waals surface area contributed by atoms with Gasteiger partial charge in [-0.1, -0.05) is 73.6 Å². The highest BCUT2D eigenvalue weighted by Crippen LogP contribution is 2.52. The van der Waals surface area contributed by atoms with Crippen LogP contribution in [0.5, 0.6) is 11.5 Å². The van der Waals surface area contributed by atoms with E-state index in [0.717, 1.165) is 22.3 Å². The van der Waals surface area contributed by atoms with Gasteiger partial charge in [0.25, 0.3) is 0 Å². The van der Waals surface area contributed by atoms with Crippen LogP contribution < -0.4 is 9.05 Å². The zero-order chi connectivity index (χ0) is 22.4. The maximum absolute atomic E-state index is 13.0. The Balaban J connectivity index is 2.04. The van der Waals surface area contributed by atoms with Crippen molar-refractivity contribution in [2.45, 2.75) is 79.1 Å². The summed E-state index contributed by atoms with van der Waals surface area (Å²) >= 11 is 0. The third kappa shape index (κ3) is 4.64. The molecule has 0 radical (unpaired) electrons. The van der Waals surface area contributed by atoms with Gasteiger partial charge in [0.1, 0.15) is 17.1 Å². The second-order valence-electron chi connectivity index (χ2n) is 10.4. The average Bonchev–Trinajstić information content (AvgIpc) is 2.59. The Morgan fingerprint density at radius 1 is 0.933 bits per heavy atom. The molecule has 0 N–H and O–H groups in total. The van der Waals surface area contributed by atoms with Gasteiger partial charge in [-0.25, -0.2) is 4.79 Å². The number of rotatable bonds is 3. The zero-order valence-electron chi connectivity index (χ0n) is 19.5. The molecule has 0 aromatic heterocycles. The van der Waals surface area contributed by atoms with E-state index >= 15 is 0 Å². The van der Waals surface area contributed by atoms with Crippen molar-refractivity contribution in [1.29, 1.82) is 0 Å². The van der Waals surface area contributed by atoms with Gasteiger partial charge < -0.3 is 13.6 Å². The fourth-order valence-corrected chi connectivity index (χ4v) is 4.40. The standard InChI is InChI=1S/C25H33O4P/c1-15(2)18-11-10-16(3)12-21(18)27-30-28-22-19(23(26)29-30)13-17(24(4,5)6)14-20(22)25(7,8)9/h10-15H,1-9H3. The van der Waals surface area contributed by atoms with Gasteiger partial charge in [0, 0.05) is 5.56 Å². The number of benzene rings is 2. The molecule has 0 bridgehead atoms. The van der Waals surface area contributed by atoms with E-state index in [1.165, 1.54) is 0 Å². The van der Waals surface area contributed by atoms with Crippen molar-refractivity contribution in [2.75, 3.05) is 0 Å². The van der Waals surface area contributed by atoms with Crippen LogP contribution in [0.3, 0.4) is 0 Å². The molecule has 162 valence electrons. The average molecular weight is 429 g/mol. The Labute approximate surface area is 181 Å². The van der Waals surface area contributed by atoms with Crippen molar-refractivity contribution in [3.8, 4) is 11.5 Å². The lowest BCUT2D eigenvalue weighted by atomic mass is 9.79. The molecule has 30 heavy (non-hydrogen) atoms. The molecule has 1 heterocycles. The normalized spacial score (nSPS) is 16.7. The first-order valence-corrected chi connectivity index (χ1v) is 11.5. The van der Waals surface area contributed by atoms with E-state index in [-0.39, 0.29) is 16.7 Å². The van der Waals surface area contributed by atoms with Crippen LogP contribution in [0.25, 0.3) is 0 Å². The maximum atomic E-state index is 13.0. The lowest BCUT2D eigenvalue weighted by Crippen LogP contribution is -2.23. The predicted octanol–water partition coefficient (Wildman–Crippen LogP) is 7.57. The number of hydrogen-bond donors (Lipinski definition) is 0. The molecule has 0 fully saturated rings. The Hall–Kier alpha value is -2.06. The molecule has 3 rings (SSSR count). The first-order valence-electron chi connectivity index (χ1n) is 10.5. The predicted molar refractivity (Wildman–Crippen MR) is 123 cm³/mol.